The van der Waals surface area contributed by atoms with Crippen molar-refractivity contribution in [2.45, 2.75) is 39.0 Å². The Morgan fingerprint density at radius 3 is 2.50 bits per heavy atom. The summed E-state index contributed by atoms with van der Waals surface area (Å²) in [5, 5.41) is 3.38. The second-order valence-corrected chi connectivity index (χ2v) is 5.25. The minimum atomic E-state index is 0.383. The molecule has 3 nitrogen and oxygen atoms in total. The van der Waals surface area contributed by atoms with Gasteiger partial charge in [-0.2, -0.15) is 0 Å². The summed E-state index contributed by atoms with van der Waals surface area (Å²) in [4.78, 5) is 14.2. The number of nitrogens with zero attached hydrogens (tertiary/aromatic N) is 1. The predicted molar refractivity (Wildman–Crippen MR) is 65.2 cm³/mol. The Bertz CT molecular complexity index is 232. The van der Waals surface area contributed by atoms with E-state index in [9.17, 15) is 4.79 Å². The summed E-state index contributed by atoms with van der Waals surface area (Å²) >= 11 is 0. The first kappa shape index (κ1) is 11.9. The molecule has 3 heteroatoms. The summed E-state index contributed by atoms with van der Waals surface area (Å²) in [6, 6.07) is 0. The highest BCUT2D eigenvalue weighted by Gasteiger charge is 2.33. The minimum absolute atomic E-state index is 0.383. The molecule has 1 N–H and O–H groups in total. The Kier molecular flexibility index (Phi) is 4.22. The third-order valence-electron chi connectivity index (χ3n) is 3.67. The zero-order chi connectivity index (χ0) is 11.4. The maximum Gasteiger partial charge on any atom is 0.225 e. The van der Waals surface area contributed by atoms with E-state index < -0.39 is 0 Å². The maximum absolute atomic E-state index is 12.1. The van der Waals surface area contributed by atoms with Crippen LogP contribution in [0.25, 0.3) is 0 Å². The van der Waals surface area contributed by atoms with Gasteiger partial charge in [-0.3, -0.25) is 4.79 Å². The quantitative estimate of drug-likeness (QED) is 0.770. The molecule has 1 saturated carbocycles. The molecule has 1 aliphatic carbocycles. The van der Waals surface area contributed by atoms with Crippen LogP contribution in [0.4, 0.5) is 0 Å². The van der Waals surface area contributed by atoms with Crippen molar-refractivity contribution in [1.82, 2.24) is 10.2 Å². The van der Waals surface area contributed by atoms with E-state index in [-0.39, 0.29) is 0 Å². The standard InChI is InChI=1S/C13H24N2O/c1-2-9-15(13(16)12-3-4-12)10-11-5-7-14-8-6-11/h11-12,14H,2-10H2,1H3. The summed E-state index contributed by atoms with van der Waals surface area (Å²) in [5.41, 5.74) is 0. The normalized spacial score (nSPS) is 22.1. The zero-order valence-electron chi connectivity index (χ0n) is 10.4. The lowest BCUT2D eigenvalue weighted by Crippen LogP contribution is -2.40. The lowest BCUT2D eigenvalue weighted by atomic mass is 9.97. The van der Waals surface area contributed by atoms with Crippen LogP contribution in [-0.4, -0.2) is 37.0 Å². The van der Waals surface area contributed by atoms with Crippen LogP contribution in [0.1, 0.15) is 39.0 Å². The molecule has 0 bridgehead atoms. The molecule has 0 aromatic carbocycles. The fourth-order valence-corrected chi connectivity index (χ4v) is 2.53. The third kappa shape index (κ3) is 3.21. The Balaban J connectivity index is 1.82. The number of hydrogen-bond acceptors (Lipinski definition) is 2. The Hall–Kier alpha value is -0.570. The van der Waals surface area contributed by atoms with Crippen LogP contribution in [0.2, 0.25) is 0 Å². The fourth-order valence-electron chi connectivity index (χ4n) is 2.53. The van der Waals surface area contributed by atoms with Crippen LogP contribution in [0.15, 0.2) is 0 Å². The van der Waals surface area contributed by atoms with Gasteiger partial charge in [0, 0.05) is 19.0 Å². The molecule has 1 heterocycles. The van der Waals surface area contributed by atoms with Gasteiger partial charge < -0.3 is 10.2 Å². The van der Waals surface area contributed by atoms with Gasteiger partial charge in [0.2, 0.25) is 5.91 Å². The third-order valence-corrected chi connectivity index (χ3v) is 3.67. The van der Waals surface area contributed by atoms with Gasteiger partial charge in [-0.1, -0.05) is 6.92 Å². The fraction of sp³-hybridized carbons (Fsp3) is 0.923. The van der Waals surface area contributed by atoms with Gasteiger partial charge in [0.15, 0.2) is 0 Å². The number of nitrogens with one attached hydrogen (secondary N) is 1. The topological polar surface area (TPSA) is 32.3 Å². The van der Waals surface area contributed by atoms with Crippen molar-refractivity contribution >= 4 is 5.91 Å². The van der Waals surface area contributed by atoms with Gasteiger partial charge in [0.05, 0.1) is 0 Å². The van der Waals surface area contributed by atoms with Crippen molar-refractivity contribution in [3.8, 4) is 0 Å². The number of amides is 1. The van der Waals surface area contributed by atoms with E-state index >= 15 is 0 Å². The second-order valence-electron chi connectivity index (χ2n) is 5.25. The van der Waals surface area contributed by atoms with Crippen molar-refractivity contribution < 1.29 is 4.79 Å². The molecular formula is C13H24N2O. The molecule has 2 fully saturated rings. The number of piperidine rings is 1. The van der Waals surface area contributed by atoms with Crippen molar-refractivity contribution in [2.24, 2.45) is 11.8 Å². The molecule has 16 heavy (non-hydrogen) atoms. The molecule has 0 spiro atoms. The van der Waals surface area contributed by atoms with Crippen molar-refractivity contribution in [3.63, 3.8) is 0 Å². The number of carbonyl (C=O) groups excluding carboxylic acids is 1. The van der Waals surface area contributed by atoms with Gasteiger partial charge in [0.25, 0.3) is 0 Å². The molecule has 0 aromatic rings. The minimum Gasteiger partial charge on any atom is -0.342 e. The number of carbonyl (C=O) groups is 1. The smallest absolute Gasteiger partial charge is 0.225 e. The number of rotatable bonds is 5. The van der Waals surface area contributed by atoms with E-state index in [1.54, 1.807) is 0 Å². The largest absolute Gasteiger partial charge is 0.342 e. The summed E-state index contributed by atoms with van der Waals surface area (Å²) in [6.07, 6.45) is 5.82. The van der Waals surface area contributed by atoms with E-state index in [1.807, 2.05) is 0 Å². The molecule has 0 unspecified atom stereocenters. The summed E-state index contributed by atoms with van der Waals surface area (Å²) in [5.74, 6) is 1.55. The lowest BCUT2D eigenvalue weighted by molar-refractivity contribution is -0.133. The van der Waals surface area contributed by atoms with Gasteiger partial charge >= 0.3 is 0 Å². The van der Waals surface area contributed by atoms with Crippen molar-refractivity contribution in [1.29, 1.82) is 0 Å². The first-order valence-electron chi connectivity index (χ1n) is 6.80. The average Bonchev–Trinajstić information content (AvgIpc) is 3.13. The Labute approximate surface area is 98.6 Å². The zero-order valence-corrected chi connectivity index (χ0v) is 10.4. The SMILES string of the molecule is CCCN(CC1CCNCC1)C(=O)C1CC1. The monoisotopic (exact) mass is 224 g/mol. The molecule has 0 aromatic heterocycles. The van der Waals surface area contributed by atoms with Crippen molar-refractivity contribution in [3.05, 3.63) is 0 Å². The first-order valence-corrected chi connectivity index (χ1v) is 6.80. The van der Waals surface area contributed by atoms with Crippen molar-refractivity contribution in [2.75, 3.05) is 26.2 Å². The molecule has 2 aliphatic rings. The van der Waals surface area contributed by atoms with Crippen LogP contribution in [0.3, 0.4) is 0 Å². The summed E-state index contributed by atoms with van der Waals surface area (Å²) in [6.45, 7) is 6.38. The predicted octanol–water partition coefficient (Wildman–Crippen LogP) is 1.63. The van der Waals surface area contributed by atoms with E-state index in [0.29, 0.717) is 11.8 Å². The molecule has 92 valence electrons. The van der Waals surface area contributed by atoms with E-state index in [0.717, 1.165) is 51.4 Å². The van der Waals surface area contributed by atoms with Crippen LogP contribution in [0.5, 0.6) is 0 Å². The summed E-state index contributed by atoms with van der Waals surface area (Å²) in [7, 11) is 0. The average molecular weight is 224 g/mol. The van der Waals surface area contributed by atoms with Gasteiger partial charge in [-0.25, -0.2) is 0 Å². The van der Waals surface area contributed by atoms with Gasteiger partial charge in [0.1, 0.15) is 0 Å². The van der Waals surface area contributed by atoms with Gasteiger partial charge in [-0.05, 0) is 51.1 Å². The lowest BCUT2D eigenvalue weighted by Gasteiger charge is -2.30. The maximum atomic E-state index is 12.1. The number of hydrogen-bond donors (Lipinski definition) is 1. The molecule has 0 atom stereocenters. The highest BCUT2D eigenvalue weighted by molar-refractivity contribution is 5.81. The van der Waals surface area contributed by atoms with Crippen LogP contribution in [-0.2, 0) is 4.79 Å². The van der Waals surface area contributed by atoms with Crippen LogP contribution >= 0.6 is 0 Å². The molecule has 1 amide bonds. The highest BCUT2D eigenvalue weighted by atomic mass is 16.2. The molecule has 1 saturated heterocycles. The molecule has 0 radical (unpaired) electrons. The summed E-state index contributed by atoms with van der Waals surface area (Å²) < 4.78 is 0. The van der Waals surface area contributed by atoms with E-state index in [1.165, 1.54) is 12.8 Å². The first-order chi connectivity index (χ1) is 7.81. The second kappa shape index (κ2) is 5.67. The van der Waals surface area contributed by atoms with Gasteiger partial charge in [-0.15, -0.1) is 0 Å². The molecule has 2 rings (SSSR count). The molecular weight excluding hydrogens is 200 g/mol. The van der Waals surface area contributed by atoms with E-state index in [4.69, 9.17) is 0 Å². The Morgan fingerprint density at radius 1 is 1.25 bits per heavy atom. The highest BCUT2D eigenvalue weighted by Crippen LogP contribution is 2.31. The van der Waals surface area contributed by atoms with E-state index in [2.05, 4.69) is 17.1 Å². The van der Waals surface area contributed by atoms with Crippen LogP contribution in [0, 0.1) is 11.8 Å². The molecule has 1 aliphatic heterocycles. The van der Waals surface area contributed by atoms with Crippen LogP contribution < -0.4 is 5.32 Å². The Morgan fingerprint density at radius 2 is 1.94 bits per heavy atom.